The van der Waals surface area contributed by atoms with Crippen LogP contribution in [0.3, 0.4) is 0 Å². The van der Waals surface area contributed by atoms with Crippen LogP contribution in [0.15, 0.2) is 42.5 Å². The zero-order valence-corrected chi connectivity index (χ0v) is 16.5. The highest BCUT2D eigenvalue weighted by atomic mass is 35.5. The van der Waals surface area contributed by atoms with Gasteiger partial charge < -0.3 is 10.1 Å². The van der Waals surface area contributed by atoms with Crippen molar-refractivity contribution in [1.82, 2.24) is 4.31 Å². The predicted octanol–water partition coefficient (Wildman–Crippen LogP) is 2.74. The SMILES string of the molecule is COc1ccc(NC(=O)CN(c2ccc(F)cc2)S(=O)(=O)N(C)C)cc1Cl. The van der Waals surface area contributed by atoms with Crippen LogP contribution < -0.4 is 14.4 Å². The van der Waals surface area contributed by atoms with Crippen molar-refractivity contribution < 1.29 is 22.3 Å². The molecule has 146 valence electrons. The van der Waals surface area contributed by atoms with Crippen LogP contribution in [0.4, 0.5) is 15.8 Å². The maximum absolute atomic E-state index is 13.2. The van der Waals surface area contributed by atoms with Crippen molar-refractivity contribution in [3.8, 4) is 5.75 Å². The fourth-order valence-corrected chi connectivity index (χ4v) is 3.51. The van der Waals surface area contributed by atoms with Gasteiger partial charge in [-0.1, -0.05) is 11.6 Å². The monoisotopic (exact) mass is 415 g/mol. The van der Waals surface area contributed by atoms with E-state index in [2.05, 4.69) is 5.32 Å². The van der Waals surface area contributed by atoms with Crippen molar-refractivity contribution in [1.29, 1.82) is 0 Å². The molecule has 0 aromatic heterocycles. The maximum Gasteiger partial charge on any atom is 0.304 e. The summed E-state index contributed by atoms with van der Waals surface area (Å²) in [5.74, 6) is -0.665. The van der Waals surface area contributed by atoms with Crippen molar-refractivity contribution in [3.05, 3.63) is 53.3 Å². The van der Waals surface area contributed by atoms with Gasteiger partial charge in [-0.25, -0.2) is 8.70 Å². The number of nitrogens with one attached hydrogen (secondary N) is 1. The van der Waals surface area contributed by atoms with Crippen LogP contribution in [0.2, 0.25) is 5.02 Å². The van der Waals surface area contributed by atoms with Crippen molar-refractivity contribution in [2.45, 2.75) is 0 Å². The molecule has 0 unspecified atom stereocenters. The second-order valence-corrected chi connectivity index (χ2v) is 8.14. The molecule has 1 N–H and O–H groups in total. The number of nitrogens with zero attached hydrogens (tertiary/aromatic N) is 2. The number of ether oxygens (including phenoxy) is 1. The van der Waals surface area contributed by atoms with Gasteiger partial charge in [0.2, 0.25) is 5.91 Å². The molecule has 0 heterocycles. The standard InChI is InChI=1S/C17H19ClFN3O4S/c1-21(2)27(24,25)22(14-7-4-12(19)5-8-14)11-17(23)20-13-6-9-16(26-3)15(18)10-13/h4-10H,11H2,1-3H3,(H,20,23). The second kappa shape index (κ2) is 8.55. The molecule has 0 atom stereocenters. The van der Waals surface area contributed by atoms with E-state index >= 15 is 0 Å². The Balaban J connectivity index is 2.25. The Labute approximate surface area is 162 Å². The number of rotatable bonds is 7. The number of carbonyl (C=O) groups excluding carboxylic acids is 1. The molecule has 0 aliphatic heterocycles. The first-order valence-electron chi connectivity index (χ1n) is 7.74. The number of halogens is 2. The van der Waals surface area contributed by atoms with Crippen LogP contribution in [-0.4, -0.2) is 46.4 Å². The van der Waals surface area contributed by atoms with Crippen molar-refractivity contribution in [2.75, 3.05) is 37.4 Å². The van der Waals surface area contributed by atoms with E-state index in [1.54, 1.807) is 12.1 Å². The molecule has 2 aromatic rings. The molecule has 0 aliphatic rings. The van der Waals surface area contributed by atoms with Gasteiger partial charge in [-0.05, 0) is 42.5 Å². The van der Waals surface area contributed by atoms with E-state index in [1.807, 2.05) is 0 Å². The predicted molar refractivity (Wildman–Crippen MR) is 103 cm³/mol. The van der Waals surface area contributed by atoms with Gasteiger partial charge in [-0.2, -0.15) is 12.7 Å². The van der Waals surface area contributed by atoms with E-state index in [0.717, 1.165) is 20.7 Å². The van der Waals surface area contributed by atoms with E-state index in [4.69, 9.17) is 16.3 Å². The molecule has 7 nitrogen and oxygen atoms in total. The summed E-state index contributed by atoms with van der Waals surface area (Å²) in [5.41, 5.74) is 0.542. The average Bonchev–Trinajstić information content (AvgIpc) is 2.60. The smallest absolute Gasteiger partial charge is 0.304 e. The van der Waals surface area contributed by atoms with Crippen LogP contribution in [0, 0.1) is 5.82 Å². The van der Waals surface area contributed by atoms with Crippen molar-refractivity contribution in [3.63, 3.8) is 0 Å². The number of anilines is 2. The molecule has 0 radical (unpaired) electrons. The fourth-order valence-electron chi connectivity index (χ4n) is 2.19. The van der Waals surface area contributed by atoms with Gasteiger partial charge in [-0.3, -0.25) is 4.79 Å². The van der Waals surface area contributed by atoms with Crippen molar-refractivity contribution in [2.24, 2.45) is 0 Å². The maximum atomic E-state index is 13.2. The quantitative estimate of drug-likeness (QED) is 0.754. The Morgan fingerprint density at radius 2 is 1.81 bits per heavy atom. The van der Waals surface area contributed by atoms with Crippen LogP contribution >= 0.6 is 11.6 Å². The first kappa shape index (κ1) is 20.9. The number of hydrogen-bond acceptors (Lipinski definition) is 4. The van der Waals surface area contributed by atoms with Gasteiger partial charge in [0.1, 0.15) is 18.1 Å². The highest BCUT2D eigenvalue weighted by Crippen LogP contribution is 2.27. The molecule has 0 saturated heterocycles. The van der Waals surface area contributed by atoms with E-state index in [-0.39, 0.29) is 5.69 Å². The molecule has 10 heteroatoms. The van der Waals surface area contributed by atoms with Gasteiger partial charge in [0.15, 0.2) is 0 Å². The van der Waals surface area contributed by atoms with Gasteiger partial charge in [-0.15, -0.1) is 0 Å². The molecule has 27 heavy (non-hydrogen) atoms. The topological polar surface area (TPSA) is 79.0 Å². The minimum atomic E-state index is -3.97. The van der Waals surface area contributed by atoms with Gasteiger partial charge in [0.05, 0.1) is 17.8 Å². The lowest BCUT2D eigenvalue weighted by Gasteiger charge is -2.27. The third-order valence-corrected chi connectivity index (χ3v) is 5.69. The number of carbonyl (C=O) groups is 1. The lowest BCUT2D eigenvalue weighted by molar-refractivity contribution is -0.114. The largest absolute Gasteiger partial charge is 0.495 e. The minimum absolute atomic E-state index is 0.160. The number of benzene rings is 2. The van der Waals surface area contributed by atoms with Crippen LogP contribution in [0.1, 0.15) is 0 Å². The zero-order valence-electron chi connectivity index (χ0n) is 14.9. The van der Waals surface area contributed by atoms with Crippen LogP contribution in [-0.2, 0) is 15.0 Å². The summed E-state index contributed by atoms with van der Waals surface area (Å²) >= 11 is 6.02. The summed E-state index contributed by atoms with van der Waals surface area (Å²) < 4.78 is 45.2. The van der Waals surface area contributed by atoms with Crippen molar-refractivity contribution >= 4 is 39.1 Å². The molecule has 0 aliphatic carbocycles. The van der Waals surface area contributed by atoms with E-state index < -0.39 is 28.5 Å². The molecule has 1 amide bonds. The number of hydrogen-bond donors (Lipinski definition) is 1. The summed E-state index contributed by atoms with van der Waals surface area (Å²) in [4.78, 5) is 12.4. The highest BCUT2D eigenvalue weighted by Gasteiger charge is 2.27. The summed E-state index contributed by atoms with van der Waals surface area (Å²) in [7, 11) is 0.171. The van der Waals surface area contributed by atoms with Crippen LogP contribution in [0.5, 0.6) is 5.75 Å². The third kappa shape index (κ3) is 5.09. The zero-order chi connectivity index (χ0) is 20.2. The Kier molecular flexibility index (Phi) is 6.63. The van der Waals surface area contributed by atoms with Gasteiger partial charge in [0, 0.05) is 19.8 Å². The average molecular weight is 416 g/mol. The first-order chi connectivity index (χ1) is 12.6. The highest BCUT2D eigenvalue weighted by molar-refractivity contribution is 7.90. The molecule has 2 aromatic carbocycles. The molecular formula is C17H19ClFN3O4S. The summed E-state index contributed by atoms with van der Waals surface area (Å²) in [6.07, 6.45) is 0. The fraction of sp³-hybridized carbons (Fsp3) is 0.235. The molecule has 0 bridgehead atoms. The summed E-state index contributed by atoms with van der Waals surface area (Å²) in [6, 6.07) is 9.45. The Hall–Kier alpha value is -2.36. The Morgan fingerprint density at radius 1 is 1.19 bits per heavy atom. The molecular weight excluding hydrogens is 397 g/mol. The lowest BCUT2D eigenvalue weighted by Crippen LogP contribution is -2.44. The second-order valence-electron chi connectivity index (χ2n) is 5.67. The molecule has 2 rings (SSSR count). The third-order valence-electron chi connectivity index (χ3n) is 3.58. The van der Waals surface area contributed by atoms with Gasteiger partial charge >= 0.3 is 10.2 Å². The van der Waals surface area contributed by atoms with Crippen LogP contribution in [0.25, 0.3) is 0 Å². The first-order valence-corrected chi connectivity index (χ1v) is 9.52. The van der Waals surface area contributed by atoms with E-state index in [0.29, 0.717) is 16.5 Å². The Bertz CT molecular complexity index is 920. The summed E-state index contributed by atoms with van der Waals surface area (Å²) in [6.45, 7) is -0.504. The summed E-state index contributed by atoms with van der Waals surface area (Å²) in [5, 5.41) is 2.88. The lowest BCUT2D eigenvalue weighted by atomic mass is 10.3. The molecule has 0 saturated carbocycles. The normalized spacial score (nSPS) is 11.3. The molecule has 0 fully saturated rings. The molecule has 0 spiro atoms. The number of methoxy groups -OCH3 is 1. The van der Waals surface area contributed by atoms with E-state index in [1.165, 1.54) is 39.4 Å². The number of amides is 1. The van der Waals surface area contributed by atoms with E-state index in [9.17, 15) is 17.6 Å². The minimum Gasteiger partial charge on any atom is -0.495 e. The van der Waals surface area contributed by atoms with Gasteiger partial charge in [0.25, 0.3) is 0 Å². The Morgan fingerprint density at radius 3 is 2.33 bits per heavy atom.